The third-order valence-electron chi connectivity index (χ3n) is 6.98. The molecule has 41 heavy (non-hydrogen) atoms. The fraction of sp³-hybridized carbons (Fsp3) is 0.444. The Morgan fingerprint density at radius 3 is 2.66 bits per heavy atom. The number of aliphatic hydroxyl groups is 2. The normalized spacial score (nSPS) is 26.1. The molecule has 2 unspecified atom stereocenters. The number of hydrogen-bond donors (Lipinski definition) is 3. The Hall–Kier alpha value is -3.73. The van der Waals surface area contributed by atoms with Crippen molar-refractivity contribution in [1.29, 1.82) is 0 Å². The molecular weight excluding hydrogens is 560 g/mol. The van der Waals surface area contributed by atoms with Crippen molar-refractivity contribution in [3.63, 3.8) is 0 Å². The van der Waals surface area contributed by atoms with Crippen molar-refractivity contribution in [2.75, 3.05) is 19.8 Å². The number of carbonyl (C=O) groups is 1. The van der Waals surface area contributed by atoms with Crippen molar-refractivity contribution >= 4 is 34.9 Å². The number of rotatable bonds is 9. The Kier molecular flexibility index (Phi) is 9.80. The molecule has 2 aliphatic rings. The Balaban J connectivity index is 0.00000124. The third kappa shape index (κ3) is 6.61. The number of ether oxygens (including phenoxy) is 3. The van der Waals surface area contributed by atoms with Crippen molar-refractivity contribution in [2.45, 2.75) is 49.4 Å². The first kappa shape index (κ1) is 30.2. The Labute approximate surface area is 239 Å². The van der Waals surface area contributed by atoms with Gasteiger partial charge in [0, 0.05) is 19.6 Å². The number of imidazole rings is 1. The number of nitrogens with zero attached hydrogens (tertiary/aromatic N) is 4. The van der Waals surface area contributed by atoms with Gasteiger partial charge >= 0.3 is 12.1 Å². The second kappa shape index (κ2) is 13.3. The molecule has 5 rings (SSSR count). The van der Waals surface area contributed by atoms with Crippen molar-refractivity contribution in [3.8, 4) is 12.3 Å². The van der Waals surface area contributed by atoms with Gasteiger partial charge < -0.3 is 29.5 Å². The van der Waals surface area contributed by atoms with E-state index >= 15 is 0 Å². The zero-order valence-electron chi connectivity index (χ0n) is 21.6. The van der Waals surface area contributed by atoms with Crippen LogP contribution in [0.4, 0.5) is 0 Å². The second-order valence-corrected chi connectivity index (χ2v) is 9.90. The number of carboxylic acid groups (broad SMARTS) is 1. The lowest BCUT2D eigenvalue weighted by Gasteiger charge is -2.26. The minimum absolute atomic E-state index is 0.00189. The second-order valence-electron chi connectivity index (χ2n) is 9.56. The predicted molar refractivity (Wildman–Crippen MR) is 139 cm³/mol. The summed E-state index contributed by atoms with van der Waals surface area (Å²) in [5.74, 6) is 1.29. The van der Waals surface area contributed by atoms with Gasteiger partial charge in [-0.05, 0) is 35.9 Å². The van der Waals surface area contributed by atoms with E-state index in [1.807, 2.05) is 6.07 Å². The minimum atomic E-state index is -2.17. The summed E-state index contributed by atoms with van der Waals surface area (Å²) in [7, 11) is 0. The van der Waals surface area contributed by atoms with Crippen LogP contribution < -0.4 is 0 Å². The van der Waals surface area contributed by atoms with E-state index in [9.17, 15) is 20.1 Å². The number of halogens is 1. The zero-order chi connectivity index (χ0) is 29.6. The fourth-order valence-corrected chi connectivity index (χ4v) is 5.04. The van der Waals surface area contributed by atoms with Gasteiger partial charge in [0.25, 0.3) is 0 Å². The number of hydrogen-bond acceptors (Lipinski definition) is 11. The van der Waals surface area contributed by atoms with Gasteiger partial charge in [-0.15, -0.1) is 6.42 Å². The SMILES string of the molecule is C#C[C@@]1(O)[C@@H](COC(Cc2ccccc2)C(=O)O)O[C@@H](n2cnc3c(CC4CCOC4)nc(Cl)nc32)[C@@H]1O.O=C=O. The topological polar surface area (TPSA) is 183 Å². The van der Waals surface area contributed by atoms with Gasteiger partial charge in [-0.1, -0.05) is 36.3 Å². The van der Waals surface area contributed by atoms with E-state index in [0.717, 1.165) is 12.0 Å². The van der Waals surface area contributed by atoms with Crippen LogP contribution >= 0.6 is 11.6 Å². The molecule has 216 valence electrons. The van der Waals surface area contributed by atoms with Crippen LogP contribution in [0.3, 0.4) is 0 Å². The predicted octanol–water partition coefficient (Wildman–Crippen LogP) is 0.810. The summed E-state index contributed by atoms with van der Waals surface area (Å²) in [4.78, 5) is 41.1. The van der Waals surface area contributed by atoms with Crippen LogP contribution in [0.2, 0.25) is 5.28 Å². The van der Waals surface area contributed by atoms with Gasteiger partial charge in [-0.25, -0.2) is 14.8 Å². The number of benzene rings is 1. The first-order valence-electron chi connectivity index (χ1n) is 12.6. The molecule has 1 aromatic carbocycles. The lowest BCUT2D eigenvalue weighted by atomic mass is 9.93. The van der Waals surface area contributed by atoms with E-state index in [0.29, 0.717) is 36.5 Å². The molecule has 6 atom stereocenters. The molecule has 0 radical (unpaired) electrons. The molecule has 14 heteroatoms. The summed E-state index contributed by atoms with van der Waals surface area (Å²) in [6.45, 7) is 0.922. The molecule has 0 spiro atoms. The summed E-state index contributed by atoms with van der Waals surface area (Å²) in [5, 5.41) is 31.9. The summed E-state index contributed by atoms with van der Waals surface area (Å²) in [5.41, 5.74) is 0.0156. The molecule has 2 aliphatic heterocycles. The number of aliphatic hydroxyl groups excluding tert-OH is 1. The highest BCUT2D eigenvalue weighted by Gasteiger charge is 2.56. The number of aromatic nitrogens is 4. The first-order valence-corrected chi connectivity index (χ1v) is 13.0. The lowest BCUT2D eigenvalue weighted by molar-refractivity contribution is -0.191. The molecule has 2 fully saturated rings. The van der Waals surface area contributed by atoms with E-state index in [1.54, 1.807) is 24.3 Å². The molecule has 3 aromatic rings. The number of aliphatic carboxylic acids is 1. The van der Waals surface area contributed by atoms with Crippen LogP contribution in [0.5, 0.6) is 0 Å². The van der Waals surface area contributed by atoms with Gasteiger partial charge in [0.05, 0.1) is 18.6 Å². The molecule has 0 aliphatic carbocycles. The van der Waals surface area contributed by atoms with Crippen molar-refractivity contribution in [3.05, 3.63) is 53.2 Å². The largest absolute Gasteiger partial charge is 0.479 e. The molecule has 2 saturated heterocycles. The Morgan fingerprint density at radius 1 is 1.29 bits per heavy atom. The van der Waals surface area contributed by atoms with Crippen LogP contribution in [-0.2, 0) is 41.4 Å². The number of terminal acetylenes is 1. The summed E-state index contributed by atoms with van der Waals surface area (Å²) >= 11 is 6.22. The van der Waals surface area contributed by atoms with E-state index in [-0.39, 0.29) is 30.4 Å². The number of fused-ring (bicyclic) bond motifs is 1. The molecular formula is C27H27ClN4O9. The van der Waals surface area contributed by atoms with Gasteiger partial charge in [-0.2, -0.15) is 14.6 Å². The number of carbonyl (C=O) groups excluding carboxylic acids is 2. The maximum absolute atomic E-state index is 11.8. The summed E-state index contributed by atoms with van der Waals surface area (Å²) < 4.78 is 18.5. The molecule has 0 saturated carbocycles. The van der Waals surface area contributed by atoms with Crippen molar-refractivity contribution in [1.82, 2.24) is 19.5 Å². The minimum Gasteiger partial charge on any atom is -0.479 e. The third-order valence-corrected chi connectivity index (χ3v) is 7.15. The van der Waals surface area contributed by atoms with Gasteiger partial charge in [-0.3, -0.25) is 4.57 Å². The average Bonchev–Trinajstić information content (AvgIpc) is 3.67. The van der Waals surface area contributed by atoms with E-state index in [1.165, 1.54) is 10.9 Å². The standard InChI is InChI=1S/C26H27ClN4O7.CO2/c1-2-26(35)19(13-37-18(24(33)34)11-15-6-4-3-5-7-15)38-23(21(26)32)31-14-28-20-17(10-16-8-9-36-12-16)29-25(27)30-22(20)31;2-1-3/h1,3-7,14,16,18-19,21,23,32,35H,8-13H2,(H,33,34);/t16?,18?,19-,21+,23-,26-;/m1./s1. The fourth-order valence-electron chi connectivity index (χ4n) is 4.86. The maximum atomic E-state index is 11.8. The van der Waals surface area contributed by atoms with Gasteiger partial charge in [0.1, 0.15) is 17.7 Å². The van der Waals surface area contributed by atoms with Gasteiger partial charge in [0.2, 0.25) is 5.28 Å². The number of carboxylic acids is 1. The average molecular weight is 587 g/mol. The first-order chi connectivity index (χ1) is 19.7. The monoisotopic (exact) mass is 586 g/mol. The highest BCUT2D eigenvalue weighted by molar-refractivity contribution is 6.28. The highest BCUT2D eigenvalue weighted by atomic mass is 35.5. The quantitative estimate of drug-likeness (QED) is 0.237. The molecule has 13 nitrogen and oxygen atoms in total. The zero-order valence-corrected chi connectivity index (χ0v) is 22.4. The van der Waals surface area contributed by atoms with Crippen LogP contribution in [0.15, 0.2) is 36.7 Å². The molecule has 0 amide bonds. The van der Waals surface area contributed by atoms with Crippen LogP contribution in [0.25, 0.3) is 11.2 Å². The summed E-state index contributed by atoms with van der Waals surface area (Å²) in [6, 6.07) is 8.99. The Bertz CT molecular complexity index is 1430. The summed E-state index contributed by atoms with van der Waals surface area (Å²) in [6.07, 6.45) is 3.60. The Morgan fingerprint density at radius 2 is 2.02 bits per heavy atom. The van der Waals surface area contributed by atoms with Gasteiger partial charge in [0.15, 0.2) is 23.6 Å². The van der Waals surface area contributed by atoms with Crippen LogP contribution in [0, 0.1) is 18.3 Å². The lowest BCUT2D eigenvalue weighted by Crippen LogP contribution is -2.48. The molecule has 3 N–H and O–H groups in total. The molecule has 2 aromatic heterocycles. The molecule has 4 heterocycles. The van der Waals surface area contributed by atoms with Crippen LogP contribution in [0.1, 0.15) is 23.9 Å². The maximum Gasteiger partial charge on any atom is 0.373 e. The molecule has 0 bridgehead atoms. The van der Waals surface area contributed by atoms with E-state index in [2.05, 4.69) is 20.9 Å². The highest BCUT2D eigenvalue weighted by Crippen LogP contribution is 2.39. The van der Waals surface area contributed by atoms with Crippen molar-refractivity contribution < 1.29 is 43.9 Å². The van der Waals surface area contributed by atoms with Crippen LogP contribution in [-0.4, -0.2) is 90.7 Å². The van der Waals surface area contributed by atoms with Crippen molar-refractivity contribution in [2.24, 2.45) is 5.92 Å². The van der Waals surface area contributed by atoms with E-state index < -0.39 is 36.1 Å². The smallest absolute Gasteiger partial charge is 0.373 e. The van der Waals surface area contributed by atoms with E-state index in [4.69, 9.17) is 41.8 Å².